The molecule has 0 bridgehead atoms. The van der Waals surface area contributed by atoms with Crippen LogP contribution in [0.5, 0.6) is 0 Å². The summed E-state index contributed by atoms with van der Waals surface area (Å²) in [5.41, 5.74) is 1.44. The molecule has 3 heteroatoms. The van der Waals surface area contributed by atoms with Crippen LogP contribution in [0.1, 0.15) is 58.6 Å². The lowest BCUT2D eigenvalue weighted by atomic mass is 9.90. The molecule has 0 saturated heterocycles. The molecular weight excluding hydrogens is 306 g/mol. The molecule has 0 amide bonds. The molecule has 0 fully saturated rings. The van der Waals surface area contributed by atoms with E-state index in [9.17, 15) is 0 Å². The van der Waals surface area contributed by atoms with Gasteiger partial charge in [0.15, 0.2) is 0 Å². The third-order valence-corrected chi connectivity index (χ3v) is 4.67. The lowest BCUT2D eigenvalue weighted by Crippen LogP contribution is -2.24. The van der Waals surface area contributed by atoms with Gasteiger partial charge in [-0.3, -0.25) is 0 Å². The molecule has 2 atom stereocenters. The van der Waals surface area contributed by atoms with Crippen LogP contribution in [-0.4, -0.2) is 6.54 Å². The Kier molecular flexibility index (Phi) is 7.50. The van der Waals surface area contributed by atoms with Crippen LogP contribution >= 0.6 is 27.3 Å². The van der Waals surface area contributed by atoms with Gasteiger partial charge in [0, 0.05) is 6.04 Å². The molecule has 104 valence electrons. The van der Waals surface area contributed by atoms with Gasteiger partial charge in [-0.2, -0.15) is 0 Å². The van der Waals surface area contributed by atoms with Gasteiger partial charge in [-0.05, 0) is 70.6 Å². The summed E-state index contributed by atoms with van der Waals surface area (Å²) in [6.07, 6.45) is 3.75. The minimum Gasteiger partial charge on any atom is -0.310 e. The fourth-order valence-corrected chi connectivity index (χ4v) is 3.70. The molecule has 18 heavy (non-hydrogen) atoms. The van der Waals surface area contributed by atoms with Crippen molar-refractivity contribution in [2.45, 2.75) is 53.0 Å². The number of nitrogens with one attached hydrogen (secondary N) is 1. The Morgan fingerprint density at radius 3 is 2.50 bits per heavy atom. The van der Waals surface area contributed by atoms with Crippen molar-refractivity contribution in [3.05, 3.63) is 20.8 Å². The van der Waals surface area contributed by atoms with Crippen molar-refractivity contribution in [3.63, 3.8) is 0 Å². The van der Waals surface area contributed by atoms with Crippen LogP contribution in [0.25, 0.3) is 0 Å². The Balaban J connectivity index is 2.60. The van der Waals surface area contributed by atoms with Gasteiger partial charge >= 0.3 is 0 Å². The maximum absolute atomic E-state index is 3.69. The highest BCUT2D eigenvalue weighted by atomic mass is 79.9. The van der Waals surface area contributed by atoms with Crippen molar-refractivity contribution >= 4 is 27.3 Å². The van der Waals surface area contributed by atoms with Crippen LogP contribution in [0.2, 0.25) is 0 Å². The molecule has 1 rings (SSSR count). The molecule has 0 aliphatic carbocycles. The molecule has 1 aromatic rings. The molecule has 0 aliphatic rings. The zero-order valence-electron chi connectivity index (χ0n) is 12.0. The van der Waals surface area contributed by atoms with Crippen molar-refractivity contribution in [1.82, 2.24) is 5.32 Å². The van der Waals surface area contributed by atoms with E-state index < -0.39 is 0 Å². The molecular formula is C15H26BrNS. The quantitative estimate of drug-likeness (QED) is 0.651. The SMILES string of the molecule is CCCNC(CC(C)CC(C)C)c1csc(Br)c1. The Labute approximate surface area is 125 Å². The molecule has 0 spiro atoms. The highest BCUT2D eigenvalue weighted by Crippen LogP contribution is 2.30. The van der Waals surface area contributed by atoms with E-state index in [1.165, 1.54) is 28.6 Å². The maximum Gasteiger partial charge on any atom is 0.0701 e. The highest BCUT2D eigenvalue weighted by Gasteiger charge is 2.16. The van der Waals surface area contributed by atoms with Crippen molar-refractivity contribution in [3.8, 4) is 0 Å². The Morgan fingerprint density at radius 1 is 1.28 bits per heavy atom. The van der Waals surface area contributed by atoms with Crippen LogP contribution in [-0.2, 0) is 0 Å². The van der Waals surface area contributed by atoms with Crippen LogP contribution in [0.4, 0.5) is 0 Å². The number of thiophene rings is 1. The van der Waals surface area contributed by atoms with Gasteiger partial charge in [0.1, 0.15) is 0 Å². The minimum atomic E-state index is 0.515. The Hall–Kier alpha value is 0.140. The zero-order valence-corrected chi connectivity index (χ0v) is 14.4. The average Bonchev–Trinajstić information content (AvgIpc) is 2.70. The second kappa shape index (κ2) is 8.34. The summed E-state index contributed by atoms with van der Waals surface area (Å²) < 4.78 is 1.23. The number of hydrogen-bond acceptors (Lipinski definition) is 2. The first-order chi connectivity index (χ1) is 8.52. The molecule has 0 aliphatic heterocycles. The maximum atomic E-state index is 3.69. The van der Waals surface area contributed by atoms with E-state index >= 15 is 0 Å². The van der Waals surface area contributed by atoms with Crippen molar-refractivity contribution < 1.29 is 0 Å². The van der Waals surface area contributed by atoms with Crippen molar-refractivity contribution in [2.75, 3.05) is 6.54 Å². The van der Waals surface area contributed by atoms with E-state index in [1.807, 2.05) is 0 Å². The lowest BCUT2D eigenvalue weighted by Gasteiger charge is -2.22. The topological polar surface area (TPSA) is 12.0 Å². The first-order valence-corrected chi connectivity index (χ1v) is 8.67. The Bertz CT molecular complexity index is 335. The molecule has 0 radical (unpaired) electrons. The standard InChI is InChI=1S/C15H26BrNS/c1-5-6-17-14(8-12(4)7-11(2)3)13-9-15(16)18-10-13/h9-12,14,17H,5-8H2,1-4H3. The first kappa shape index (κ1) is 16.2. The van der Waals surface area contributed by atoms with E-state index in [2.05, 4.69) is 60.4 Å². The minimum absolute atomic E-state index is 0.515. The first-order valence-electron chi connectivity index (χ1n) is 7.00. The monoisotopic (exact) mass is 331 g/mol. The summed E-state index contributed by atoms with van der Waals surface area (Å²) >= 11 is 5.35. The number of rotatable bonds is 8. The summed E-state index contributed by atoms with van der Waals surface area (Å²) in [5.74, 6) is 1.57. The van der Waals surface area contributed by atoms with E-state index in [0.717, 1.165) is 18.4 Å². The fourth-order valence-electron chi connectivity index (χ4n) is 2.47. The van der Waals surface area contributed by atoms with E-state index in [1.54, 1.807) is 11.3 Å². The third-order valence-electron chi connectivity index (χ3n) is 3.14. The zero-order chi connectivity index (χ0) is 13.5. The number of hydrogen-bond donors (Lipinski definition) is 1. The van der Waals surface area contributed by atoms with Gasteiger partial charge in [-0.1, -0.05) is 27.7 Å². The van der Waals surface area contributed by atoms with Gasteiger partial charge in [0.05, 0.1) is 3.79 Å². The smallest absolute Gasteiger partial charge is 0.0701 e. The third kappa shape index (κ3) is 5.85. The molecule has 1 N–H and O–H groups in total. The van der Waals surface area contributed by atoms with E-state index in [4.69, 9.17) is 0 Å². The summed E-state index contributed by atoms with van der Waals surface area (Å²) in [6, 6.07) is 2.78. The molecule has 0 aromatic carbocycles. The van der Waals surface area contributed by atoms with E-state index in [-0.39, 0.29) is 0 Å². The largest absolute Gasteiger partial charge is 0.310 e. The fraction of sp³-hybridized carbons (Fsp3) is 0.733. The summed E-state index contributed by atoms with van der Waals surface area (Å²) in [5, 5.41) is 5.97. The van der Waals surface area contributed by atoms with Crippen molar-refractivity contribution in [2.24, 2.45) is 11.8 Å². The van der Waals surface area contributed by atoms with E-state index in [0.29, 0.717) is 6.04 Å². The van der Waals surface area contributed by atoms with Gasteiger partial charge in [0.25, 0.3) is 0 Å². The molecule has 0 saturated carbocycles. The summed E-state index contributed by atoms with van der Waals surface area (Å²) in [7, 11) is 0. The summed E-state index contributed by atoms with van der Waals surface area (Å²) in [4.78, 5) is 0. The molecule has 1 aromatic heterocycles. The molecule has 1 heterocycles. The number of halogens is 1. The van der Waals surface area contributed by atoms with Gasteiger partial charge in [0.2, 0.25) is 0 Å². The second-order valence-corrected chi connectivity index (χ2v) is 7.95. The van der Waals surface area contributed by atoms with Crippen molar-refractivity contribution in [1.29, 1.82) is 0 Å². The molecule has 1 nitrogen and oxygen atoms in total. The molecule has 2 unspecified atom stereocenters. The highest BCUT2D eigenvalue weighted by molar-refractivity contribution is 9.11. The van der Waals surface area contributed by atoms with Crippen LogP contribution < -0.4 is 5.32 Å². The van der Waals surface area contributed by atoms with Gasteiger partial charge < -0.3 is 5.32 Å². The Morgan fingerprint density at radius 2 is 2.00 bits per heavy atom. The van der Waals surface area contributed by atoms with Gasteiger partial charge in [-0.25, -0.2) is 0 Å². The van der Waals surface area contributed by atoms with Crippen LogP contribution in [0, 0.1) is 11.8 Å². The normalized spacial score (nSPS) is 15.0. The van der Waals surface area contributed by atoms with Crippen LogP contribution in [0.15, 0.2) is 15.2 Å². The predicted molar refractivity (Wildman–Crippen MR) is 86.3 cm³/mol. The predicted octanol–water partition coefficient (Wildman–Crippen LogP) is 5.62. The average molecular weight is 332 g/mol. The summed E-state index contributed by atoms with van der Waals surface area (Å²) in [6.45, 7) is 10.3. The van der Waals surface area contributed by atoms with Gasteiger partial charge in [-0.15, -0.1) is 11.3 Å². The van der Waals surface area contributed by atoms with Crippen LogP contribution in [0.3, 0.4) is 0 Å². The second-order valence-electron chi connectivity index (χ2n) is 5.66. The lowest BCUT2D eigenvalue weighted by molar-refractivity contribution is 0.356.